The lowest BCUT2D eigenvalue weighted by Crippen LogP contribution is -2.42. The Morgan fingerprint density at radius 3 is 2.48 bits per heavy atom. The van der Waals surface area contributed by atoms with Gasteiger partial charge in [-0.2, -0.15) is 8.78 Å². The molecule has 2 rings (SSSR count). The topological polar surface area (TPSA) is 58.6 Å². The number of hydrogen-bond acceptors (Lipinski definition) is 3. The molecule has 25 heavy (non-hydrogen) atoms. The number of nitrogens with one attached hydrogen (secondary N) is 1. The Hall–Kier alpha value is -2.47. The van der Waals surface area contributed by atoms with Crippen molar-refractivity contribution in [3.05, 3.63) is 65.7 Å². The smallest absolute Gasteiger partial charge is 0.387 e. The summed E-state index contributed by atoms with van der Waals surface area (Å²) in [5, 5.41) is 12.9. The highest BCUT2D eigenvalue weighted by atomic mass is 19.3. The first-order valence-electron chi connectivity index (χ1n) is 7.99. The molecule has 2 atom stereocenters. The van der Waals surface area contributed by atoms with Gasteiger partial charge in [0.15, 0.2) is 0 Å². The van der Waals surface area contributed by atoms with Crippen LogP contribution in [0.4, 0.5) is 8.78 Å². The number of rotatable bonds is 8. The van der Waals surface area contributed by atoms with Crippen LogP contribution in [0.2, 0.25) is 0 Å². The maximum atomic E-state index is 12.2. The third-order valence-corrected chi connectivity index (χ3v) is 3.74. The zero-order chi connectivity index (χ0) is 18.2. The Labute approximate surface area is 145 Å². The van der Waals surface area contributed by atoms with Crippen molar-refractivity contribution < 1.29 is 23.4 Å². The van der Waals surface area contributed by atoms with Crippen LogP contribution in [0.1, 0.15) is 18.1 Å². The third-order valence-electron chi connectivity index (χ3n) is 3.74. The molecule has 0 saturated carbocycles. The lowest BCUT2D eigenvalue weighted by molar-refractivity contribution is -0.121. The predicted octanol–water partition coefficient (Wildman–Crippen LogP) is 2.94. The van der Waals surface area contributed by atoms with Gasteiger partial charge in [0.1, 0.15) is 5.75 Å². The minimum atomic E-state index is -2.91. The minimum Gasteiger partial charge on any atom is -0.435 e. The highest BCUT2D eigenvalue weighted by molar-refractivity contribution is 5.79. The van der Waals surface area contributed by atoms with E-state index in [0.29, 0.717) is 12.0 Å². The molecule has 6 heteroatoms. The Morgan fingerprint density at radius 2 is 1.80 bits per heavy atom. The number of ether oxygens (including phenoxy) is 1. The van der Waals surface area contributed by atoms with Crippen molar-refractivity contribution in [2.24, 2.45) is 0 Å². The first kappa shape index (κ1) is 18.9. The molecule has 4 nitrogen and oxygen atoms in total. The minimum absolute atomic E-state index is 0.0115. The second kappa shape index (κ2) is 9.13. The van der Waals surface area contributed by atoms with Crippen molar-refractivity contribution in [2.75, 3.05) is 0 Å². The van der Waals surface area contributed by atoms with Gasteiger partial charge >= 0.3 is 6.61 Å². The molecule has 0 spiro atoms. The van der Waals surface area contributed by atoms with Gasteiger partial charge in [0, 0.05) is 6.42 Å². The van der Waals surface area contributed by atoms with E-state index in [0.717, 1.165) is 5.56 Å². The van der Waals surface area contributed by atoms with Gasteiger partial charge in [-0.3, -0.25) is 4.79 Å². The van der Waals surface area contributed by atoms with Gasteiger partial charge in [-0.1, -0.05) is 42.5 Å². The Bertz CT molecular complexity index is 679. The summed E-state index contributed by atoms with van der Waals surface area (Å²) in [6.45, 7) is -1.18. The van der Waals surface area contributed by atoms with Crippen molar-refractivity contribution in [2.45, 2.75) is 38.5 Å². The molecule has 0 saturated heterocycles. The summed E-state index contributed by atoms with van der Waals surface area (Å²) in [6, 6.07) is 15.1. The molecule has 2 unspecified atom stereocenters. The van der Waals surface area contributed by atoms with E-state index in [1.807, 2.05) is 30.3 Å². The van der Waals surface area contributed by atoms with Crippen LogP contribution in [0, 0.1) is 0 Å². The molecule has 0 aliphatic carbocycles. The van der Waals surface area contributed by atoms with Crippen LogP contribution in [0.5, 0.6) is 5.75 Å². The normalized spacial score (nSPS) is 13.3. The Morgan fingerprint density at radius 1 is 1.12 bits per heavy atom. The van der Waals surface area contributed by atoms with Crippen molar-refractivity contribution in [1.29, 1.82) is 0 Å². The molecular formula is C19H21F2NO3. The number of aliphatic hydroxyl groups excluding tert-OH is 1. The Kier molecular flexibility index (Phi) is 6.89. The number of benzene rings is 2. The first-order chi connectivity index (χ1) is 11.9. The molecule has 1 amide bonds. The van der Waals surface area contributed by atoms with Crippen molar-refractivity contribution in [3.8, 4) is 5.75 Å². The van der Waals surface area contributed by atoms with E-state index >= 15 is 0 Å². The maximum absolute atomic E-state index is 12.2. The zero-order valence-electron chi connectivity index (χ0n) is 13.9. The third kappa shape index (κ3) is 6.51. The molecule has 134 valence electrons. The van der Waals surface area contributed by atoms with Crippen molar-refractivity contribution >= 4 is 5.91 Å². The highest BCUT2D eigenvalue weighted by Crippen LogP contribution is 2.16. The molecule has 2 N–H and O–H groups in total. The molecule has 0 fully saturated rings. The second-order valence-corrected chi connectivity index (χ2v) is 5.82. The molecule has 0 aliphatic heterocycles. The van der Waals surface area contributed by atoms with Gasteiger partial charge in [-0.15, -0.1) is 0 Å². The Balaban J connectivity index is 1.86. The number of amides is 1. The van der Waals surface area contributed by atoms with Crippen LogP contribution in [0.15, 0.2) is 54.6 Å². The summed E-state index contributed by atoms with van der Waals surface area (Å²) in [5.41, 5.74) is 1.54. The predicted molar refractivity (Wildman–Crippen MR) is 90.5 cm³/mol. The number of halogens is 2. The molecule has 2 aromatic rings. The lowest BCUT2D eigenvalue weighted by Gasteiger charge is -2.20. The average molecular weight is 349 g/mol. The monoisotopic (exact) mass is 349 g/mol. The largest absolute Gasteiger partial charge is 0.435 e. The lowest BCUT2D eigenvalue weighted by atomic mass is 10.0. The van der Waals surface area contributed by atoms with Crippen LogP contribution in [-0.2, 0) is 17.6 Å². The fourth-order valence-electron chi connectivity index (χ4n) is 2.45. The van der Waals surface area contributed by atoms with Crippen LogP contribution in [0.3, 0.4) is 0 Å². The van der Waals surface area contributed by atoms with E-state index in [4.69, 9.17) is 0 Å². The van der Waals surface area contributed by atoms with E-state index < -0.39 is 18.8 Å². The fraction of sp³-hybridized carbons (Fsp3) is 0.316. The van der Waals surface area contributed by atoms with Gasteiger partial charge in [-0.25, -0.2) is 0 Å². The van der Waals surface area contributed by atoms with Gasteiger partial charge in [-0.05, 0) is 30.2 Å². The molecule has 0 heterocycles. The summed E-state index contributed by atoms with van der Waals surface area (Å²) in [6.07, 6.45) is -0.275. The number of carbonyl (C=O) groups excluding carboxylic acids is 1. The second-order valence-electron chi connectivity index (χ2n) is 5.82. The summed E-state index contributed by atoms with van der Waals surface area (Å²) in [4.78, 5) is 12.1. The molecule has 0 radical (unpaired) electrons. The van der Waals surface area contributed by atoms with E-state index in [9.17, 15) is 18.7 Å². The molecular weight excluding hydrogens is 328 g/mol. The average Bonchev–Trinajstić information content (AvgIpc) is 2.55. The summed E-state index contributed by atoms with van der Waals surface area (Å²) in [7, 11) is 0. The van der Waals surface area contributed by atoms with E-state index in [1.165, 1.54) is 12.1 Å². The van der Waals surface area contributed by atoms with Crippen molar-refractivity contribution in [3.63, 3.8) is 0 Å². The molecule has 0 aromatic heterocycles. The number of alkyl halides is 2. The van der Waals surface area contributed by atoms with Crippen LogP contribution in [0.25, 0.3) is 0 Å². The summed E-state index contributed by atoms with van der Waals surface area (Å²) >= 11 is 0. The summed E-state index contributed by atoms with van der Waals surface area (Å²) < 4.78 is 28.8. The first-order valence-corrected chi connectivity index (χ1v) is 7.99. The number of hydrogen-bond donors (Lipinski definition) is 2. The number of aliphatic hydroxyl groups is 1. The van der Waals surface area contributed by atoms with E-state index in [2.05, 4.69) is 10.1 Å². The quantitative estimate of drug-likeness (QED) is 0.770. The van der Waals surface area contributed by atoms with Crippen LogP contribution >= 0.6 is 0 Å². The zero-order valence-corrected chi connectivity index (χ0v) is 13.9. The van der Waals surface area contributed by atoms with Gasteiger partial charge in [0.2, 0.25) is 5.91 Å². The SMILES string of the molecule is CC(NC(=O)Cc1cccc(OC(F)F)c1)C(O)Cc1ccccc1. The standard InChI is InChI=1S/C19H21F2NO3/c1-13(17(23)11-14-6-3-2-4-7-14)22-18(24)12-15-8-5-9-16(10-15)25-19(20)21/h2-10,13,17,19,23H,11-12H2,1H3,(H,22,24). The fourth-order valence-corrected chi connectivity index (χ4v) is 2.45. The van der Waals surface area contributed by atoms with Crippen molar-refractivity contribution in [1.82, 2.24) is 5.32 Å². The molecule has 2 aromatic carbocycles. The number of carbonyl (C=O) groups is 1. The van der Waals surface area contributed by atoms with Gasteiger partial charge in [0.05, 0.1) is 18.6 Å². The summed E-state index contributed by atoms with van der Waals surface area (Å²) in [5.74, 6) is -0.286. The van der Waals surface area contributed by atoms with Crippen LogP contribution in [-0.4, -0.2) is 29.8 Å². The molecule has 0 bridgehead atoms. The van der Waals surface area contributed by atoms with Crippen LogP contribution < -0.4 is 10.1 Å². The van der Waals surface area contributed by atoms with Gasteiger partial charge in [0.25, 0.3) is 0 Å². The van der Waals surface area contributed by atoms with E-state index in [1.54, 1.807) is 19.1 Å². The maximum Gasteiger partial charge on any atom is 0.387 e. The van der Waals surface area contributed by atoms with Gasteiger partial charge < -0.3 is 15.2 Å². The van der Waals surface area contributed by atoms with E-state index in [-0.39, 0.29) is 18.1 Å². The molecule has 0 aliphatic rings. The highest BCUT2D eigenvalue weighted by Gasteiger charge is 2.17.